The number of hydrogen-bond acceptors (Lipinski definition) is 6. The van der Waals surface area contributed by atoms with E-state index in [1.54, 1.807) is 0 Å². The van der Waals surface area contributed by atoms with Crippen LogP contribution in [0.25, 0.3) is 0 Å². The van der Waals surface area contributed by atoms with Crippen molar-refractivity contribution < 1.29 is 28.8 Å². The average molecular weight is 449 g/mol. The van der Waals surface area contributed by atoms with Crippen LogP contribution in [0.5, 0.6) is 0 Å². The van der Waals surface area contributed by atoms with E-state index in [1.165, 1.54) is 0 Å². The highest BCUT2D eigenvalue weighted by Crippen LogP contribution is 2.36. The summed E-state index contributed by atoms with van der Waals surface area (Å²) in [5.74, 6) is 0. The van der Waals surface area contributed by atoms with E-state index in [2.05, 4.69) is 0 Å². The minimum Gasteiger partial charge on any atom is -0.368 e. The van der Waals surface area contributed by atoms with E-state index in [4.69, 9.17) is 23.7 Å². The van der Waals surface area contributed by atoms with Crippen LogP contribution < -0.4 is 0 Å². The molecule has 3 aromatic rings. The van der Waals surface area contributed by atoms with Gasteiger partial charge in [0.1, 0.15) is 24.4 Å². The van der Waals surface area contributed by atoms with E-state index < -0.39 is 37.0 Å². The Bertz CT molecular complexity index is 983. The minimum absolute atomic E-state index is 0.290. The molecular weight excluding hydrogens is 420 g/mol. The zero-order valence-electron chi connectivity index (χ0n) is 18.2. The molecule has 0 saturated carbocycles. The van der Waals surface area contributed by atoms with E-state index in [0.717, 1.165) is 16.7 Å². The Morgan fingerprint density at radius 2 is 1.24 bits per heavy atom. The summed E-state index contributed by atoms with van der Waals surface area (Å²) >= 11 is 0. The van der Waals surface area contributed by atoms with E-state index in [9.17, 15) is 5.11 Å². The van der Waals surface area contributed by atoms with E-state index in [1.807, 2.05) is 91.0 Å². The molecule has 172 valence electrons. The van der Waals surface area contributed by atoms with Crippen LogP contribution in [0.4, 0.5) is 0 Å². The Morgan fingerprint density at radius 1 is 0.697 bits per heavy atom. The highest BCUT2D eigenvalue weighted by atomic mass is 16.7. The summed E-state index contributed by atoms with van der Waals surface area (Å²) in [5.41, 5.74) is 2.96. The lowest BCUT2D eigenvalue weighted by atomic mass is 9.97. The molecule has 2 heterocycles. The highest BCUT2D eigenvalue weighted by molar-refractivity contribution is 5.17. The Kier molecular flexibility index (Phi) is 7.12. The summed E-state index contributed by atoms with van der Waals surface area (Å²) in [4.78, 5) is 0. The standard InChI is InChI=1S/C27H28O6/c28-26-25(30-17-20-12-6-2-7-13-20)24(29-16-19-10-4-1-5-11-19)23-22(32-26)18-31-27(33-23)21-14-8-3-9-15-21/h1-15,22-28H,16-18H2/t22-,23-,24+,25+,26?,27?/m1/s1. The Hall–Kier alpha value is -2.58. The van der Waals surface area contributed by atoms with Crippen molar-refractivity contribution in [2.75, 3.05) is 6.61 Å². The quantitative estimate of drug-likeness (QED) is 0.590. The first-order valence-electron chi connectivity index (χ1n) is 11.2. The highest BCUT2D eigenvalue weighted by Gasteiger charge is 2.51. The normalized spacial score (nSPS) is 29.4. The van der Waals surface area contributed by atoms with Crippen molar-refractivity contribution in [2.24, 2.45) is 0 Å². The first kappa shape index (κ1) is 22.2. The fourth-order valence-electron chi connectivity index (χ4n) is 4.24. The monoisotopic (exact) mass is 448 g/mol. The molecule has 0 bridgehead atoms. The van der Waals surface area contributed by atoms with Crippen molar-refractivity contribution in [3.8, 4) is 0 Å². The molecule has 0 aromatic heterocycles. The number of benzene rings is 3. The summed E-state index contributed by atoms with van der Waals surface area (Å²) in [6.45, 7) is 0.984. The maximum absolute atomic E-state index is 10.8. The summed E-state index contributed by atoms with van der Waals surface area (Å²) in [6, 6.07) is 29.5. The van der Waals surface area contributed by atoms with Crippen molar-refractivity contribution in [3.63, 3.8) is 0 Å². The van der Waals surface area contributed by atoms with E-state index in [-0.39, 0.29) is 6.61 Å². The maximum Gasteiger partial charge on any atom is 0.184 e. The topological polar surface area (TPSA) is 66.4 Å². The van der Waals surface area contributed by atoms with E-state index in [0.29, 0.717) is 13.2 Å². The van der Waals surface area contributed by atoms with E-state index >= 15 is 0 Å². The van der Waals surface area contributed by atoms with Gasteiger partial charge in [0, 0.05) is 5.56 Å². The molecule has 6 nitrogen and oxygen atoms in total. The molecule has 0 aliphatic carbocycles. The first-order chi connectivity index (χ1) is 16.3. The van der Waals surface area contributed by atoms with Crippen LogP contribution in [0.1, 0.15) is 23.0 Å². The molecule has 0 radical (unpaired) electrons. The third-order valence-electron chi connectivity index (χ3n) is 5.94. The lowest BCUT2D eigenvalue weighted by Crippen LogP contribution is -2.63. The minimum atomic E-state index is -1.16. The Morgan fingerprint density at radius 3 is 1.85 bits per heavy atom. The molecule has 2 aliphatic heterocycles. The fourth-order valence-corrected chi connectivity index (χ4v) is 4.24. The molecule has 2 saturated heterocycles. The second kappa shape index (κ2) is 10.6. The molecule has 0 spiro atoms. The van der Waals surface area contributed by atoms with Crippen molar-refractivity contribution >= 4 is 0 Å². The molecular formula is C27H28O6. The van der Waals surface area contributed by atoms with Crippen LogP contribution in [0.2, 0.25) is 0 Å². The van der Waals surface area contributed by atoms with Gasteiger partial charge >= 0.3 is 0 Å². The predicted molar refractivity (Wildman–Crippen MR) is 121 cm³/mol. The van der Waals surface area contributed by atoms with Gasteiger partial charge in [-0.05, 0) is 11.1 Å². The number of fused-ring (bicyclic) bond motifs is 1. The van der Waals surface area contributed by atoms with Gasteiger partial charge in [-0.15, -0.1) is 0 Å². The van der Waals surface area contributed by atoms with Gasteiger partial charge in [-0.2, -0.15) is 0 Å². The van der Waals surface area contributed by atoms with Crippen molar-refractivity contribution in [1.82, 2.24) is 0 Å². The SMILES string of the molecule is OC1O[C@@H]2COC(c3ccccc3)O[C@H]2[C@H](OCc2ccccc2)[C@@H]1OCc1ccccc1. The van der Waals surface area contributed by atoms with Gasteiger partial charge in [0.05, 0.1) is 19.8 Å². The van der Waals surface area contributed by atoms with Gasteiger partial charge in [0.25, 0.3) is 0 Å². The van der Waals surface area contributed by atoms with Gasteiger partial charge < -0.3 is 28.8 Å². The fraction of sp³-hybridized carbons (Fsp3) is 0.333. The number of aliphatic hydroxyl groups excluding tert-OH is 1. The predicted octanol–water partition coefficient (Wildman–Crippen LogP) is 3.99. The molecule has 6 heteroatoms. The van der Waals surface area contributed by atoms with Crippen LogP contribution in [0.3, 0.4) is 0 Å². The van der Waals surface area contributed by atoms with Crippen LogP contribution in [0.15, 0.2) is 91.0 Å². The molecule has 2 aliphatic rings. The van der Waals surface area contributed by atoms with Gasteiger partial charge in [-0.25, -0.2) is 0 Å². The van der Waals surface area contributed by atoms with Crippen molar-refractivity contribution in [1.29, 1.82) is 0 Å². The second-order valence-corrected chi connectivity index (χ2v) is 8.26. The molecule has 33 heavy (non-hydrogen) atoms. The Balaban J connectivity index is 1.36. The smallest absolute Gasteiger partial charge is 0.184 e. The molecule has 2 unspecified atom stereocenters. The van der Waals surface area contributed by atoms with Gasteiger partial charge in [0.2, 0.25) is 0 Å². The summed E-state index contributed by atoms with van der Waals surface area (Å²) in [6.07, 6.45) is -3.88. The summed E-state index contributed by atoms with van der Waals surface area (Å²) < 4.78 is 30.6. The maximum atomic E-state index is 10.8. The third kappa shape index (κ3) is 5.33. The largest absolute Gasteiger partial charge is 0.368 e. The third-order valence-corrected chi connectivity index (χ3v) is 5.94. The average Bonchev–Trinajstić information content (AvgIpc) is 2.88. The summed E-state index contributed by atoms with van der Waals surface area (Å²) in [7, 11) is 0. The molecule has 1 N–H and O–H groups in total. The zero-order chi connectivity index (χ0) is 22.5. The van der Waals surface area contributed by atoms with Gasteiger partial charge in [-0.3, -0.25) is 0 Å². The van der Waals surface area contributed by atoms with Crippen molar-refractivity contribution in [2.45, 2.75) is 50.2 Å². The molecule has 5 rings (SSSR count). The number of aliphatic hydroxyl groups is 1. The number of hydrogen-bond donors (Lipinski definition) is 1. The molecule has 6 atom stereocenters. The zero-order valence-corrected chi connectivity index (χ0v) is 18.2. The van der Waals surface area contributed by atoms with Gasteiger partial charge in [-0.1, -0.05) is 91.0 Å². The van der Waals surface area contributed by atoms with Crippen LogP contribution in [-0.2, 0) is 36.9 Å². The Labute approximate surface area is 193 Å². The molecule has 0 amide bonds. The molecule has 3 aromatic carbocycles. The lowest BCUT2D eigenvalue weighted by molar-refractivity contribution is -0.366. The van der Waals surface area contributed by atoms with Crippen LogP contribution >= 0.6 is 0 Å². The lowest BCUT2D eigenvalue weighted by Gasteiger charge is -2.47. The van der Waals surface area contributed by atoms with Gasteiger partial charge in [0.15, 0.2) is 12.6 Å². The van der Waals surface area contributed by atoms with Crippen LogP contribution in [0, 0.1) is 0 Å². The summed E-state index contributed by atoms with van der Waals surface area (Å²) in [5, 5.41) is 10.8. The van der Waals surface area contributed by atoms with Crippen molar-refractivity contribution in [3.05, 3.63) is 108 Å². The van der Waals surface area contributed by atoms with Crippen LogP contribution in [-0.4, -0.2) is 42.4 Å². The molecule has 2 fully saturated rings. The number of ether oxygens (including phenoxy) is 5. The first-order valence-corrected chi connectivity index (χ1v) is 11.2. The second-order valence-electron chi connectivity index (χ2n) is 8.26. The number of rotatable bonds is 7.